The normalized spacial score (nSPS) is 10.9. The van der Waals surface area contributed by atoms with Crippen molar-refractivity contribution in [2.45, 2.75) is 26.2 Å². The zero-order valence-corrected chi connectivity index (χ0v) is 13.6. The Morgan fingerprint density at radius 2 is 1.74 bits per heavy atom. The molecule has 0 unspecified atom stereocenters. The Morgan fingerprint density at radius 1 is 0.957 bits per heavy atom. The number of methoxy groups -OCH3 is 1. The second kappa shape index (κ2) is 6.82. The summed E-state index contributed by atoms with van der Waals surface area (Å²) in [4.78, 5) is 0. The monoisotopic (exact) mass is 308 g/mol. The van der Waals surface area contributed by atoms with Crippen molar-refractivity contribution in [3.05, 3.63) is 66.0 Å². The van der Waals surface area contributed by atoms with Crippen LogP contribution in [0.3, 0.4) is 0 Å². The minimum Gasteiger partial charge on any atom is -0.497 e. The summed E-state index contributed by atoms with van der Waals surface area (Å²) in [5.74, 6) is 0.616. The first kappa shape index (κ1) is 15.5. The van der Waals surface area contributed by atoms with Crippen LogP contribution in [-0.2, 0) is 6.42 Å². The van der Waals surface area contributed by atoms with Gasteiger partial charge in [-0.3, -0.25) is 0 Å². The number of halogens is 1. The molecule has 0 heterocycles. The molecule has 0 N–H and O–H groups in total. The van der Waals surface area contributed by atoms with E-state index < -0.39 is 0 Å². The Balaban J connectivity index is 2.00. The fourth-order valence-electron chi connectivity index (χ4n) is 2.87. The van der Waals surface area contributed by atoms with Crippen LogP contribution < -0.4 is 4.74 Å². The molecular formula is C21H21FO. The molecule has 0 aliphatic heterocycles. The van der Waals surface area contributed by atoms with Gasteiger partial charge in [0.1, 0.15) is 11.6 Å². The van der Waals surface area contributed by atoms with Gasteiger partial charge in [-0.1, -0.05) is 55.8 Å². The number of unbranched alkanes of at least 4 members (excludes halogenated alkanes) is 1. The van der Waals surface area contributed by atoms with E-state index in [0.717, 1.165) is 29.5 Å². The summed E-state index contributed by atoms with van der Waals surface area (Å²) in [6.07, 6.45) is 3.38. The van der Waals surface area contributed by atoms with E-state index in [2.05, 4.69) is 13.0 Å². The molecule has 3 aromatic rings. The highest BCUT2D eigenvalue weighted by Crippen LogP contribution is 2.30. The lowest BCUT2D eigenvalue weighted by Crippen LogP contribution is -1.90. The van der Waals surface area contributed by atoms with Crippen molar-refractivity contribution in [2.75, 3.05) is 7.11 Å². The Labute approximate surface area is 136 Å². The van der Waals surface area contributed by atoms with Gasteiger partial charge in [-0.15, -0.1) is 0 Å². The van der Waals surface area contributed by atoms with Crippen molar-refractivity contribution in [3.8, 4) is 16.9 Å². The van der Waals surface area contributed by atoms with Crippen molar-refractivity contribution in [1.82, 2.24) is 0 Å². The van der Waals surface area contributed by atoms with Gasteiger partial charge in [0.05, 0.1) is 7.11 Å². The first-order chi connectivity index (χ1) is 11.2. The molecule has 3 rings (SSSR count). The smallest absolute Gasteiger partial charge is 0.138 e. The average Bonchev–Trinajstić information content (AvgIpc) is 2.60. The molecule has 23 heavy (non-hydrogen) atoms. The molecule has 118 valence electrons. The third kappa shape index (κ3) is 3.21. The molecule has 0 saturated carbocycles. The van der Waals surface area contributed by atoms with E-state index in [1.54, 1.807) is 7.11 Å². The summed E-state index contributed by atoms with van der Waals surface area (Å²) >= 11 is 0. The first-order valence-electron chi connectivity index (χ1n) is 8.08. The lowest BCUT2D eigenvalue weighted by Gasteiger charge is -2.09. The molecule has 0 atom stereocenters. The summed E-state index contributed by atoms with van der Waals surface area (Å²) in [6.45, 7) is 2.18. The molecule has 0 aliphatic rings. The van der Waals surface area contributed by atoms with Crippen LogP contribution in [0.1, 0.15) is 25.3 Å². The summed E-state index contributed by atoms with van der Waals surface area (Å²) in [6, 6.07) is 17.4. The van der Waals surface area contributed by atoms with E-state index in [0.29, 0.717) is 10.9 Å². The maximum atomic E-state index is 14.9. The standard InChI is InChI=1S/C21H21FO/c1-3-4-5-15-6-12-20-17(14-15)9-13-19(21(20)22)16-7-10-18(23-2)11-8-16/h6-14H,3-5H2,1-2H3. The fourth-order valence-corrected chi connectivity index (χ4v) is 2.87. The third-order valence-electron chi connectivity index (χ3n) is 4.24. The maximum Gasteiger partial charge on any atom is 0.138 e. The van der Waals surface area contributed by atoms with Gasteiger partial charge in [-0.25, -0.2) is 4.39 Å². The predicted octanol–water partition coefficient (Wildman–Crippen LogP) is 6.00. The predicted molar refractivity (Wildman–Crippen MR) is 94.5 cm³/mol. The second-order valence-corrected chi connectivity index (χ2v) is 5.81. The number of ether oxygens (including phenoxy) is 1. The topological polar surface area (TPSA) is 9.23 Å². The van der Waals surface area contributed by atoms with Crippen molar-refractivity contribution >= 4 is 10.8 Å². The Hall–Kier alpha value is -2.35. The van der Waals surface area contributed by atoms with Crippen LogP contribution in [0.25, 0.3) is 21.9 Å². The van der Waals surface area contributed by atoms with E-state index >= 15 is 0 Å². The van der Waals surface area contributed by atoms with Gasteiger partial charge in [0, 0.05) is 10.9 Å². The lowest BCUT2D eigenvalue weighted by molar-refractivity contribution is 0.415. The molecule has 0 amide bonds. The molecule has 0 spiro atoms. The quantitative estimate of drug-likeness (QED) is 0.562. The lowest BCUT2D eigenvalue weighted by atomic mass is 9.98. The number of benzene rings is 3. The van der Waals surface area contributed by atoms with Crippen LogP contribution >= 0.6 is 0 Å². The van der Waals surface area contributed by atoms with Crippen LogP contribution in [0.2, 0.25) is 0 Å². The average molecular weight is 308 g/mol. The SMILES string of the molecule is CCCCc1ccc2c(F)c(-c3ccc(OC)cc3)ccc2c1. The molecule has 0 bridgehead atoms. The van der Waals surface area contributed by atoms with Gasteiger partial charge in [0.2, 0.25) is 0 Å². The summed E-state index contributed by atoms with van der Waals surface area (Å²) in [5.41, 5.74) is 2.76. The Bertz CT molecular complexity index is 806. The minimum absolute atomic E-state index is 0.158. The molecule has 0 aliphatic carbocycles. The van der Waals surface area contributed by atoms with E-state index in [1.807, 2.05) is 48.5 Å². The van der Waals surface area contributed by atoms with Crippen molar-refractivity contribution < 1.29 is 9.13 Å². The third-order valence-corrected chi connectivity index (χ3v) is 4.24. The zero-order valence-electron chi connectivity index (χ0n) is 13.6. The van der Waals surface area contributed by atoms with Crippen molar-refractivity contribution in [2.24, 2.45) is 0 Å². The minimum atomic E-state index is -0.158. The van der Waals surface area contributed by atoms with Gasteiger partial charge in [-0.05, 0) is 41.5 Å². The molecule has 0 saturated heterocycles. The summed E-state index contributed by atoms with van der Waals surface area (Å²) in [7, 11) is 1.63. The highest BCUT2D eigenvalue weighted by Gasteiger charge is 2.10. The van der Waals surface area contributed by atoms with E-state index in [1.165, 1.54) is 12.0 Å². The molecule has 3 aromatic carbocycles. The molecule has 1 nitrogen and oxygen atoms in total. The van der Waals surface area contributed by atoms with Gasteiger partial charge in [-0.2, -0.15) is 0 Å². The number of rotatable bonds is 5. The first-order valence-corrected chi connectivity index (χ1v) is 8.08. The van der Waals surface area contributed by atoms with E-state index in [9.17, 15) is 4.39 Å². The number of aryl methyl sites for hydroxylation is 1. The molecule has 0 fully saturated rings. The van der Waals surface area contributed by atoms with E-state index in [-0.39, 0.29) is 5.82 Å². The van der Waals surface area contributed by atoms with Crippen LogP contribution in [0.4, 0.5) is 4.39 Å². The maximum absolute atomic E-state index is 14.9. The molecule has 0 aromatic heterocycles. The van der Waals surface area contributed by atoms with Gasteiger partial charge >= 0.3 is 0 Å². The number of fused-ring (bicyclic) bond motifs is 1. The fraction of sp³-hybridized carbons (Fsp3) is 0.238. The largest absolute Gasteiger partial charge is 0.497 e. The van der Waals surface area contributed by atoms with Crippen molar-refractivity contribution in [3.63, 3.8) is 0 Å². The summed E-state index contributed by atoms with van der Waals surface area (Å²) in [5, 5.41) is 1.65. The Kier molecular flexibility index (Phi) is 4.61. The highest BCUT2D eigenvalue weighted by molar-refractivity contribution is 5.88. The zero-order chi connectivity index (χ0) is 16.2. The summed E-state index contributed by atoms with van der Waals surface area (Å²) < 4.78 is 20.0. The van der Waals surface area contributed by atoms with Crippen molar-refractivity contribution in [1.29, 1.82) is 0 Å². The van der Waals surface area contributed by atoms with Gasteiger partial charge < -0.3 is 4.74 Å². The van der Waals surface area contributed by atoms with Gasteiger partial charge in [0.25, 0.3) is 0 Å². The molecule has 2 heteroatoms. The number of hydrogen-bond acceptors (Lipinski definition) is 1. The van der Waals surface area contributed by atoms with E-state index in [4.69, 9.17) is 4.74 Å². The van der Waals surface area contributed by atoms with Crippen LogP contribution in [0.15, 0.2) is 54.6 Å². The Morgan fingerprint density at radius 3 is 2.43 bits per heavy atom. The van der Waals surface area contributed by atoms with Crippen LogP contribution in [0, 0.1) is 5.82 Å². The van der Waals surface area contributed by atoms with Crippen LogP contribution in [0.5, 0.6) is 5.75 Å². The van der Waals surface area contributed by atoms with Crippen LogP contribution in [-0.4, -0.2) is 7.11 Å². The highest BCUT2D eigenvalue weighted by atomic mass is 19.1. The number of hydrogen-bond donors (Lipinski definition) is 0. The molecule has 0 radical (unpaired) electrons. The second-order valence-electron chi connectivity index (χ2n) is 5.81. The van der Waals surface area contributed by atoms with Gasteiger partial charge in [0.15, 0.2) is 0 Å². The molecular weight excluding hydrogens is 287 g/mol.